The Morgan fingerprint density at radius 2 is 1.65 bits per heavy atom. The van der Waals surface area contributed by atoms with Crippen LogP contribution in [-0.2, 0) is 0 Å². The summed E-state index contributed by atoms with van der Waals surface area (Å²) >= 11 is 0. The molecule has 0 heterocycles. The van der Waals surface area contributed by atoms with Crippen molar-refractivity contribution in [1.82, 2.24) is 0 Å². The van der Waals surface area contributed by atoms with E-state index in [1.54, 1.807) is 6.21 Å². The third kappa shape index (κ3) is 2.47. The Hall–Kier alpha value is -1.83. The van der Waals surface area contributed by atoms with Gasteiger partial charge in [0.1, 0.15) is 0 Å². The zero-order valence-corrected chi connectivity index (χ0v) is 10.5. The summed E-state index contributed by atoms with van der Waals surface area (Å²) in [6, 6.07) is 14.1. The van der Waals surface area contributed by atoms with E-state index in [1.165, 1.54) is 0 Å². The molecule has 0 aliphatic heterocycles. The van der Waals surface area contributed by atoms with Crippen molar-refractivity contribution in [1.29, 1.82) is 0 Å². The fourth-order valence-electron chi connectivity index (χ4n) is 1.68. The van der Waals surface area contributed by atoms with Gasteiger partial charge in [-0.2, -0.15) is 0 Å². The molecule has 2 heteroatoms. The second kappa shape index (κ2) is 4.21. The summed E-state index contributed by atoms with van der Waals surface area (Å²) in [5.41, 5.74) is 2.82. The van der Waals surface area contributed by atoms with Gasteiger partial charge >= 0.3 is 0 Å². The van der Waals surface area contributed by atoms with Crippen molar-refractivity contribution in [3.63, 3.8) is 0 Å². The third-order valence-electron chi connectivity index (χ3n) is 2.74. The minimum absolute atomic E-state index is 0.409. The Kier molecular flexibility index (Phi) is 2.88. The molecule has 2 nitrogen and oxygen atoms in total. The fraction of sp³-hybridized carbons (Fsp3) is 0.267. The predicted molar refractivity (Wildman–Crippen MR) is 71.6 cm³/mol. The second-order valence-corrected chi connectivity index (χ2v) is 5.19. The van der Waals surface area contributed by atoms with Gasteiger partial charge in [0.05, 0.1) is 0 Å². The monoisotopic (exact) mass is 227 g/mol. The summed E-state index contributed by atoms with van der Waals surface area (Å²) in [7, 11) is 0. The van der Waals surface area contributed by atoms with Crippen molar-refractivity contribution >= 4 is 6.21 Å². The third-order valence-corrected chi connectivity index (χ3v) is 2.74. The van der Waals surface area contributed by atoms with Gasteiger partial charge in [-0.15, -0.1) is 0 Å². The fourth-order valence-corrected chi connectivity index (χ4v) is 1.68. The van der Waals surface area contributed by atoms with Crippen molar-refractivity contribution in [2.75, 3.05) is 0 Å². The van der Waals surface area contributed by atoms with Gasteiger partial charge in [0.15, 0.2) is 11.8 Å². The quantitative estimate of drug-likeness (QED) is 0.317. The lowest BCUT2D eigenvalue weighted by atomic mass is 10.1. The molecular weight excluding hydrogens is 210 g/mol. The van der Waals surface area contributed by atoms with E-state index in [9.17, 15) is 5.21 Å². The average Bonchev–Trinajstić information content (AvgIpc) is 2.62. The predicted octanol–water partition coefficient (Wildman–Crippen LogP) is 3.52. The summed E-state index contributed by atoms with van der Waals surface area (Å²) in [5.74, 6) is 0. The van der Waals surface area contributed by atoms with Crippen LogP contribution in [0.3, 0.4) is 0 Å². The smallest absolute Gasteiger partial charge is 0.182 e. The Morgan fingerprint density at radius 1 is 1.00 bits per heavy atom. The molecule has 0 saturated carbocycles. The molecule has 0 radical (unpaired) electrons. The maximum Gasteiger partial charge on any atom is 0.182 e. The highest BCUT2D eigenvalue weighted by Crippen LogP contribution is 2.24. The molecule has 0 bridgehead atoms. The Labute approximate surface area is 102 Å². The van der Waals surface area contributed by atoms with E-state index in [1.807, 2.05) is 51.1 Å². The zero-order chi connectivity index (χ0) is 12.5. The van der Waals surface area contributed by atoms with Crippen LogP contribution in [0.2, 0.25) is 0 Å². The highest BCUT2D eigenvalue weighted by molar-refractivity contribution is 5.88. The Morgan fingerprint density at radius 3 is 2.35 bits per heavy atom. The molecule has 88 valence electrons. The molecule has 0 unspecified atom stereocenters. The number of nitrogens with zero attached hydrogens (tertiary/aromatic N) is 1. The van der Waals surface area contributed by atoms with Crippen molar-refractivity contribution in [2.45, 2.75) is 26.3 Å². The molecule has 0 saturated heterocycles. The Balaban J connectivity index is 2.52. The number of fused-ring (bicyclic) bond motifs is 1. The molecule has 0 spiro atoms. The van der Waals surface area contributed by atoms with Crippen LogP contribution in [0.4, 0.5) is 0 Å². The van der Waals surface area contributed by atoms with E-state index in [4.69, 9.17) is 0 Å². The molecule has 0 N–H and O–H groups in total. The van der Waals surface area contributed by atoms with Crippen molar-refractivity contribution < 1.29 is 4.74 Å². The van der Waals surface area contributed by atoms with Gasteiger partial charge < -0.3 is 5.21 Å². The first-order chi connectivity index (χ1) is 7.98. The summed E-state index contributed by atoms with van der Waals surface area (Å²) < 4.78 is 1.01. The molecule has 2 aliphatic carbocycles. The first kappa shape index (κ1) is 11.6. The lowest BCUT2D eigenvalue weighted by Crippen LogP contribution is -2.29. The summed E-state index contributed by atoms with van der Waals surface area (Å²) in [4.78, 5) is 0. The topological polar surface area (TPSA) is 26.1 Å². The number of hydrogen-bond donors (Lipinski definition) is 0. The van der Waals surface area contributed by atoms with E-state index < -0.39 is 5.54 Å². The minimum atomic E-state index is -0.409. The van der Waals surface area contributed by atoms with Gasteiger partial charge in [0.2, 0.25) is 0 Å². The van der Waals surface area contributed by atoms with Crippen LogP contribution in [0.5, 0.6) is 0 Å². The van der Waals surface area contributed by atoms with Gasteiger partial charge in [-0.25, -0.2) is 4.74 Å². The van der Waals surface area contributed by atoms with Crippen LogP contribution in [0, 0.1) is 5.21 Å². The number of rotatable bonds is 1. The first-order valence-electron chi connectivity index (χ1n) is 5.77. The summed E-state index contributed by atoms with van der Waals surface area (Å²) in [6.45, 7) is 5.71. The van der Waals surface area contributed by atoms with Crippen LogP contribution in [0.1, 0.15) is 26.3 Å². The van der Waals surface area contributed by atoms with E-state index in [-0.39, 0.29) is 0 Å². The normalized spacial score (nSPS) is 13.0. The second-order valence-electron chi connectivity index (χ2n) is 5.19. The molecule has 2 rings (SSSR count). The maximum absolute atomic E-state index is 12.0. The van der Waals surface area contributed by atoms with E-state index in [0.29, 0.717) is 0 Å². The van der Waals surface area contributed by atoms with E-state index in [2.05, 4.69) is 12.1 Å². The highest BCUT2D eigenvalue weighted by atomic mass is 16.5. The first-order valence-corrected chi connectivity index (χ1v) is 5.77. The highest BCUT2D eigenvalue weighted by Gasteiger charge is 2.18. The van der Waals surface area contributed by atoms with Gasteiger partial charge in [-0.3, -0.25) is 0 Å². The van der Waals surface area contributed by atoms with Gasteiger partial charge in [-0.1, -0.05) is 36.4 Å². The van der Waals surface area contributed by atoms with Crippen LogP contribution >= 0.6 is 0 Å². The van der Waals surface area contributed by atoms with Gasteiger partial charge in [0, 0.05) is 26.3 Å². The van der Waals surface area contributed by atoms with Crippen molar-refractivity contribution in [3.8, 4) is 11.1 Å². The van der Waals surface area contributed by atoms with E-state index in [0.717, 1.165) is 21.4 Å². The van der Waals surface area contributed by atoms with Crippen LogP contribution in [0.15, 0.2) is 42.5 Å². The molecule has 2 aliphatic rings. The Bertz CT molecular complexity index is 523. The minimum Gasteiger partial charge on any atom is -0.623 e. The summed E-state index contributed by atoms with van der Waals surface area (Å²) in [5, 5.41) is 12.0. The maximum atomic E-state index is 12.0. The molecule has 0 atom stereocenters. The molecule has 0 aromatic carbocycles. The van der Waals surface area contributed by atoms with Crippen LogP contribution < -0.4 is 0 Å². The standard InChI is InChI=1S/C15H17NO/c1-15(2,3)16(17)11-13-8-5-4-7-12-9-6-10-14(12)13/h4-11H,1-3H3. The van der Waals surface area contributed by atoms with Crippen molar-refractivity contribution in [3.05, 3.63) is 53.2 Å². The molecule has 17 heavy (non-hydrogen) atoms. The van der Waals surface area contributed by atoms with Crippen molar-refractivity contribution in [2.24, 2.45) is 0 Å². The molecular formula is C15H17NO. The molecule has 0 amide bonds. The van der Waals surface area contributed by atoms with Gasteiger partial charge in [0.25, 0.3) is 0 Å². The largest absolute Gasteiger partial charge is 0.623 e. The molecule has 0 aromatic heterocycles. The van der Waals surface area contributed by atoms with Crippen LogP contribution in [0.25, 0.3) is 11.1 Å². The van der Waals surface area contributed by atoms with Crippen LogP contribution in [-0.4, -0.2) is 16.5 Å². The zero-order valence-electron chi connectivity index (χ0n) is 10.5. The summed E-state index contributed by atoms with van der Waals surface area (Å²) in [6.07, 6.45) is 1.67. The van der Waals surface area contributed by atoms with Gasteiger partial charge in [-0.05, 0) is 17.2 Å². The lowest BCUT2D eigenvalue weighted by molar-refractivity contribution is -0.530. The number of hydrogen-bond acceptors (Lipinski definition) is 1. The SMILES string of the molecule is CC(C)(C)[N+]([O-])=Cc1ccccc2cccc1-2. The molecule has 0 aromatic rings. The number of hydroxylamine groups is 1. The average molecular weight is 227 g/mol. The van der Waals surface area contributed by atoms with E-state index >= 15 is 0 Å². The lowest BCUT2D eigenvalue weighted by Gasteiger charge is -2.18. The molecule has 0 fully saturated rings.